The zero-order chi connectivity index (χ0) is 25.9. The van der Waals surface area contributed by atoms with Crippen molar-refractivity contribution in [3.05, 3.63) is 96.1 Å². The predicted octanol–water partition coefficient (Wildman–Crippen LogP) is 3.23. The number of ether oxygens (including phenoxy) is 2. The molecule has 0 aliphatic heterocycles. The molecule has 8 heteroatoms. The number of rotatable bonds is 10. The van der Waals surface area contributed by atoms with Crippen molar-refractivity contribution in [2.45, 2.75) is 38.1 Å². The Hall–Kier alpha value is -4.17. The highest BCUT2D eigenvalue weighted by Gasteiger charge is 2.30. The molecule has 0 aliphatic rings. The van der Waals surface area contributed by atoms with Gasteiger partial charge in [0.05, 0.1) is 13.2 Å². The fourth-order valence-electron chi connectivity index (χ4n) is 3.59. The Morgan fingerprint density at radius 1 is 0.806 bits per heavy atom. The highest BCUT2D eigenvalue weighted by Crippen LogP contribution is 2.20. The van der Waals surface area contributed by atoms with Crippen molar-refractivity contribution >= 4 is 18.0 Å². The number of carbonyl (C=O) groups excluding carboxylic acids is 3. The third kappa shape index (κ3) is 7.68. The third-order valence-corrected chi connectivity index (χ3v) is 5.55. The number of amides is 2. The lowest BCUT2D eigenvalue weighted by atomic mass is 10.0. The van der Waals surface area contributed by atoms with E-state index in [1.165, 1.54) is 14.0 Å². The van der Waals surface area contributed by atoms with Crippen LogP contribution in [-0.2, 0) is 32.1 Å². The number of hydrogen-bond acceptors (Lipinski definition) is 6. The summed E-state index contributed by atoms with van der Waals surface area (Å²) in [6, 6.07) is 24.2. The van der Waals surface area contributed by atoms with Gasteiger partial charge in [0.2, 0.25) is 5.91 Å². The van der Waals surface area contributed by atoms with Crippen LogP contribution >= 0.6 is 0 Å². The third-order valence-electron chi connectivity index (χ3n) is 5.55. The first-order valence-electron chi connectivity index (χ1n) is 11.5. The Balaban J connectivity index is 1.63. The maximum absolute atomic E-state index is 12.9. The molecule has 0 heterocycles. The fourth-order valence-corrected chi connectivity index (χ4v) is 3.59. The summed E-state index contributed by atoms with van der Waals surface area (Å²) in [4.78, 5) is 37.5. The van der Waals surface area contributed by atoms with Crippen LogP contribution in [0.15, 0.2) is 84.9 Å². The Morgan fingerprint density at radius 3 is 1.97 bits per heavy atom. The Bertz CT molecular complexity index is 1130. The van der Waals surface area contributed by atoms with Crippen molar-refractivity contribution in [1.82, 2.24) is 10.6 Å². The molecule has 0 bridgehead atoms. The van der Waals surface area contributed by atoms with E-state index in [2.05, 4.69) is 10.6 Å². The molecule has 0 fully saturated rings. The van der Waals surface area contributed by atoms with Crippen LogP contribution in [0.1, 0.15) is 18.1 Å². The summed E-state index contributed by atoms with van der Waals surface area (Å²) in [5, 5.41) is 15.0. The molecule has 0 unspecified atom stereocenters. The molecule has 2 amide bonds. The van der Waals surface area contributed by atoms with Gasteiger partial charge in [-0.25, -0.2) is 9.59 Å². The molecule has 36 heavy (non-hydrogen) atoms. The minimum atomic E-state index is -1.33. The van der Waals surface area contributed by atoms with Crippen LogP contribution in [0.4, 0.5) is 4.79 Å². The minimum Gasteiger partial charge on any atom is -0.467 e. The Labute approximate surface area is 210 Å². The molecule has 0 radical (unpaired) electrons. The second-order valence-electron chi connectivity index (χ2n) is 8.28. The zero-order valence-corrected chi connectivity index (χ0v) is 20.2. The molecule has 3 aromatic rings. The largest absolute Gasteiger partial charge is 0.467 e. The minimum absolute atomic E-state index is 0.00455. The van der Waals surface area contributed by atoms with E-state index >= 15 is 0 Å². The van der Waals surface area contributed by atoms with Gasteiger partial charge < -0.3 is 25.2 Å². The van der Waals surface area contributed by atoms with Gasteiger partial charge in [-0.2, -0.15) is 0 Å². The van der Waals surface area contributed by atoms with Gasteiger partial charge in [-0.1, -0.05) is 84.9 Å². The van der Waals surface area contributed by atoms with Crippen molar-refractivity contribution in [1.29, 1.82) is 0 Å². The van der Waals surface area contributed by atoms with Gasteiger partial charge >= 0.3 is 12.1 Å². The van der Waals surface area contributed by atoms with Crippen molar-refractivity contribution in [3.8, 4) is 11.1 Å². The molecule has 188 valence electrons. The number of carbonyl (C=O) groups is 3. The first kappa shape index (κ1) is 26.4. The van der Waals surface area contributed by atoms with Gasteiger partial charge in [0.25, 0.3) is 0 Å². The van der Waals surface area contributed by atoms with Gasteiger partial charge in [0, 0.05) is 6.42 Å². The number of hydrogen-bond donors (Lipinski definition) is 3. The zero-order valence-electron chi connectivity index (χ0n) is 20.2. The lowest BCUT2D eigenvalue weighted by Crippen LogP contribution is -2.56. The molecule has 3 atom stereocenters. The summed E-state index contributed by atoms with van der Waals surface area (Å²) in [5.41, 5.74) is 3.65. The molecule has 8 nitrogen and oxygen atoms in total. The SMILES string of the molecule is COC(=O)[C@H](Cc1ccc(-c2ccccc2)cc1)NC(=O)[C@@H](NC(=O)OCc1ccccc1)[C@@H](C)O. The molecule has 3 N–H and O–H groups in total. The van der Waals surface area contributed by atoms with Crippen molar-refractivity contribution in [3.63, 3.8) is 0 Å². The lowest BCUT2D eigenvalue weighted by molar-refractivity contribution is -0.145. The number of aliphatic hydroxyl groups excluding tert-OH is 1. The standard InChI is InChI=1S/C28H30N2O6/c1-19(31)25(30-28(34)36-18-21-9-5-3-6-10-21)26(32)29-24(27(33)35-2)17-20-13-15-23(16-14-20)22-11-7-4-8-12-22/h3-16,19,24-25,31H,17-18H2,1-2H3,(H,29,32)(H,30,34)/t19-,24+,25+/m1/s1. The number of alkyl carbamates (subject to hydrolysis) is 1. The predicted molar refractivity (Wildman–Crippen MR) is 135 cm³/mol. The highest BCUT2D eigenvalue weighted by atomic mass is 16.5. The van der Waals surface area contributed by atoms with Crippen LogP contribution in [0.25, 0.3) is 11.1 Å². The summed E-state index contributed by atoms with van der Waals surface area (Å²) in [7, 11) is 1.23. The van der Waals surface area contributed by atoms with E-state index < -0.39 is 36.2 Å². The maximum atomic E-state index is 12.9. The van der Waals surface area contributed by atoms with E-state index in [0.29, 0.717) is 0 Å². The van der Waals surface area contributed by atoms with Crippen molar-refractivity contribution < 1.29 is 29.0 Å². The van der Waals surface area contributed by atoms with Crippen LogP contribution in [0.2, 0.25) is 0 Å². The van der Waals surface area contributed by atoms with Crippen molar-refractivity contribution in [2.75, 3.05) is 7.11 Å². The first-order chi connectivity index (χ1) is 17.4. The molecule has 0 spiro atoms. The average Bonchev–Trinajstić information content (AvgIpc) is 2.91. The van der Waals surface area contributed by atoms with E-state index in [0.717, 1.165) is 22.3 Å². The van der Waals surface area contributed by atoms with Gasteiger partial charge in [-0.3, -0.25) is 4.79 Å². The molecule has 0 aliphatic carbocycles. The number of aliphatic hydroxyl groups is 1. The topological polar surface area (TPSA) is 114 Å². The average molecular weight is 491 g/mol. The van der Waals surface area contributed by atoms with Crippen LogP contribution in [0.5, 0.6) is 0 Å². The first-order valence-corrected chi connectivity index (χ1v) is 11.5. The molecule has 3 aromatic carbocycles. The van der Waals surface area contributed by atoms with E-state index in [1.54, 1.807) is 12.1 Å². The molecular formula is C28H30N2O6. The highest BCUT2D eigenvalue weighted by molar-refractivity contribution is 5.90. The number of esters is 1. The van der Waals surface area contributed by atoms with Gasteiger partial charge in [-0.05, 0) is 29.2 Å². The van der Waals surface area contributed by atoms with Crippen LogP contribution < -0.4 is 10.6 Å². The van der Waals surface area contributed by atoms with E-state index in [1.807, 2.05) is 72.8 Å². The van der Waals surface area contributed by atoms with E-state index in [4.69, 9.17) is 9.47 Å². The smallest absolute Gasteiger partial charge is 0.408 e. The monoisotopic (exact) mass is 490 g/mol. The van der Waals surface area contributed by atoms with Crippen LogP contribution in [0.3, 0.4) is 0 Å². The second kappa shape index (κ2) is 13.1. The van der Waals surface area contributed by atoms with Crippen LogP contribution in [-0.4, -0.2) is 48.4 Å². The molecule has 0 saturated heterocycles. The van der Waals surface area contributed by atoms with Gasteiger partial charge in [0.15, 0.2) is 0 Å². The molecule has 0 aromatic heterocycles. The fraction of sp³-hybridized carbons (Fsp3) is 0.250. The summed E-state index contributed by atoms with van der Waals surface area (Å²) in [5.74, 6) is -1.38. The Morgan fingerprint density at radius 2 is 1.39 bits per heavy atom. The summed E-state index contributed by atoms with van der Waals surface area (Å²) >= 11 is 0. The van der Waals surface area contributed by atoms with E-state index in [9.17, 15) is 19.5 Å². The molecular weight excluding hydrogens is 460 g/mol. The number of benzene rings is 3. The second-order valence-corrected chi connectivity index (χ2v) is 8.28. The van der Waals surface area contributed by atoms with E-state index in [-0.39, 0.29) is 13.0 Å². The molecule has 3 rings (SSSR count). The quantitative estimate of drug-likeness (QED) is 0.376. The van der Waals surface area contributed by atoms with Gasteiger partial charge in [-0.15, -0.1) is 0 Å². The summed E-state index contributed by atoms with van der Waals surface area (Å²) in [6.07, 6.45) is -1.94. The molecule has 0 saturated carbocycles. The summed E-state index contributed by atoms with van der Waals surface area (Å²) in [6.45, 7) is 1.36. The maximum Gasteiger partial charge on any atom is 0.408 e. The summed E-state index contributed by atoms with van der Waals surface area (Å²) < 4.78 is 10.0. The number of methoxy groups -OCH3 is 1. The van der Waals surface area contributed by atoms with Gasteiger partial charge in [0.1, 0.15) is 18.7 Å². The Kier molecular flexibility index (Phi) is 9.59. The lowest BCUT2D eigenvalue weighted by Gasteiger charge is -2.24. The number of nitrogens with one attached hydrogen (secondary N) is 2. The van der Waals surface area contributed by atoms with Crippen molar-refractivity contribution in [2.24, 2.45) is 0 Å². The van der Waals surface area contributed by atoms with Crippen LogP contribution in [0, 0.1) is 0 Å². The normalized spacial score (nSPS) is 13.1.